The highest BCUT2D eigenvalue weighted by molar-refractivity contribution is 8.18. The van der Waals surface area contributed by atoms with Crippen LogP contribution in [0.1, 0.15) is 11.1 Å². The first-order valence-corrected chi connectivity index (χ1v) is 9.13. The maximum Gasteiger partial charge on any atom is 0.293 e. The molecule has 9 heteroatoms. The fourth-order valence-electron chi connectivity index (χ4n) is 2.46. The van der Waals surface area contributed by atoms with Gasteiger partial charge >= 0.3 is 0 Å². The van der Waals surface area contributed by atoms with Crippen molar-refractivity contribution in [3.63, 3.8) is 0 Å². The molecule has 1 aliphatic heterocycles. The van der Waals surface area contributed by atoms with Gasteiger partial charge in [-0.2, -0.15) is 0 Å². The topological polar surface area (TPSA) is 66.8 Å². The molecule has 27 heavy (non-hydrogen) atoms. The Hall–Kier alpha value is -2.22. The van der Waals surface area contributed by atoms with Crippen LogP contribution >= 0.6 is 35.0 Å². The number of aromatic hydroxyl groups is 1. The third-order valence-corrected chi connectivity index (χ3v) is 5.27. The van der Waals surface area contributed by atoms with E-state index in [1.807, 2.05) is 0 Å². The molecule has 2 aromatic carbocycles. The molecule has 2 amide bonds. The van der Waals surface area contributed by atoms with Crippen LogP contribution in [-0.4, -0.2) is 28.3 Å². The van der Waals surface area contributed by atoms with Crippen LogP contribution in [0, 0.1) is 5.82 Å². The van der Waals surface area contributed by atoms with Gasteiger partial charge in [-0.3, -0.25) is 14.5 Å². The van der Waals surface area contributed by atoms with E-state index in [0.29, 0.717) is 10.6 Å². The van der Waals surface area contributed by atoms with Crippen molar-refractivity contribution in [1.29, 1.82) is 0 Å². The Morgan fingerprint density at radius 2 is 2.00 bits per heavy atom. The summed E-state index contributed by atoms with van der Waals surface area (Å²) in [5, 5.41) is 10.1. The van der Waals surface area contributed by atoms with Gasteiger partial charge in [0, 0.05) is 21.7 Å². The molecule has 5 nitrogen and oxygen atoms in total. The molecule has 0 radical (unpaired) electrons. The van der Waals surface area contributed by atoms with Crippen LogP contribution in [0.25, 0.3) is 6.08 Å². The number of halogens is 3. The molecule has 0 atom stereocenters. The van der Waals surface area contributed by atoms with Crippen LogP contribution < -0.4 is 4.74 Å². The molecule has 0 unspecified atom stereocenters. The van der Waals surface area contributed by atoms with E-state index in [0.717, 1.165) is 22.7 Å². The van der Waals surface area contributed by atoms with Gasteiger partial charge in [-0.1, -0.05) is 29.3 Å². The second-order valence-electron chi connectivity index (χ2n) is 5.55. The molecule has 3 rings (SSSR count). The quantitative estimate of drug-likeness (QED) is 0.688. The average Bonchev–Trinajstić information content (AvgIpc) is 2.87. The molecule has 140 valence electrons. The molecule has 0 spiro atoms. The first kappa shape index (κ1) is 19.5. The van der Waals surface area contributed by atoms with Crippen molar-refractivity contribution in [2.45, 2.75) is 6.54 Å². The Balaban J connectivity index is 1.90. The third-order valence-electron chi connectivity index (χ3n) is 3.79. The third kappa shape index (κ3) is 4.05. The van der Waals surface area contributed by atoms with Gasteiger partial charge in [-0.05, 0) is 41.6 Å². The zero-order chi connectivity index (χ0) is 19.7. The molecular weight excluding hydrogens is 416 g/mol. The monoisotopic (exact) mass is 427 g/mol. The largest absolute Gasteiger partial charge is 0.504 e. The number of phenolic OH excluding ortho intramolecular Hbond substituents is 1. The van der Waals surface area contributed by atoms with E-state index >= 15 is 0 Å². The molecular formula is C18H12Cl2FNO4S. The van der Waals surface area contributed by atoms with Crippen molar-refractivity contribution >= 4 is 52.2 Å². The fraction of sp³-hybridized carbons (Fsp3) is 0.111. The first-order valence-electron chi connectivity index (χ1n) is 7.56. The summed E-state index contributed by atoms with van der Waals surface area (Å²) in [6, 6.07) is 6.60. The number of thioether (sulfide) groups is 1. The van der Waals surface area contributed by atoms with Crippen LogP contribution in [0.3, 0.4) is 0 Å². The van der Waals surface area contributed by atoms with Crippen LogP contribution in [-0.2, 0) is 11.3 Å². The summed E-state index contributed by atoms with van der Waals surface area (Å²) in [6.45, 7) is -0.0913. The Morgan fingerprint density at radius 1 is 1.26 bits per heavy atom. The summed E-state index contributed by atoms with van der Waals surface area (Å²) in [5.74, 6) is -1.12. The van der Waals surface area contributed by atoms with Gasteiger partial charge in [0.1, 0.15) is 5.82 Å². The van der Waals surface area contributed by atoms with Gasteiger partial charge in [0.15, 0.2) is 11.5 Å². The summed E-state index contributed by atoms with van der Waals surface area (Å²) in [5.41, 5.74) is 0.679. The zero-order valence-electron chi connectivity index (χ0n) is 13.8. The maximum atomic E-state index is 13.2. The van der Waals surface area contributed by atoms with E-state index in [2.05, 4.69) is 0 Å². The minimum atomic E-state index is -0.552. The van der Waals surface area contributed by atoms with Gasteiger partial charge in [0.25, 0.3) is 11.1 Å². The number of hydrogen-bond acceptors (Lipinski definition) is 5. The average molecular weight is 428 g/mol. The highest BCUT2D eigenvalue weighted by Gasteiger charge is 2.35. The van der Waals surface area contributed by atoms with Crippen molar-refractivity contribution < 1.29 is 23.8 Å². The van der Waals surface area contributed by atoms with E-state index in [4.69, 9.17) is 27.9 Å². The lowest BCUT2D eigenvalue weighted by molar-refractivity contribution is -0.123. The number of rotatable bonds is 4. The van der Waals surface area contributed by atoms with Gasteiger partial charge in [-0.15, -0.1) is 0 Å². The van der Waals surface area contributed by atoms with Gasteiger partial charge in [-0.25, -0.2) is 4.39 Å². The van der Waals surface area contributed by atoms with E-state index in [1.54, 1.807) is 0 Å². The smallest absolute Gasteiger partial charge is 0.293 e. The van der Waals surface area contributed by atoms with Crippen LogP contribution in [0.4, 0.5) is 9.18 Å². The highest BCUT2D eigenvalue weighted by Crippen LogP contribution is 2.39. The number of methoxy groups -OCH3 is 1. The van der Waals surface area contributed by atoms with Crippen molar-refractivity contribution in [2.75, 3.05) is 7.11 Å². The lowest BCUT2D eigenvalue weighted by atomic mass is 10.1. The van der Waals surface area contributed by atoms with E-state index < -0.39 is 17.0 Å². The summed E-state index contributed by atoms with van der Waals surface area (Å²) in [4.78, 5) is 25.9. The number of imide groups is 1. The number of phenols is 1. The lowest BCUT2D eigenvalue weighted by Crippen LogP contribution is -2.27. The number of benzene rings is 2. The molecule has 1 saturated heterocycles. The molecule has 2 aromatic rings. The summed E-state index contributed by atoms with van der Waals surface area (Å²) in [7, 11) is 1.37. The van der Waals surface area contributed by atoms with E-state index in [1.165, 1.54) is 37.5 Å². The highest BCUT2D eigenvalue weighted by atomic mass is 35.5. The number of carbonyl (C=O) groups is 2. The van der Waals surface area contributed by atoms with Crippen molar-refractivity contribution in [3.8, 4) is 11.5 Å². The normalized spacial score (nSPS) is 15.7. The molecule has 1 aliphatic rings. The maximum absolute atomic E-state index is 13.2. The van der Waals surface area contributed by atoms with Crippen LogP contribution in [0.5, 0.6) is 11.5 Å². The second kappa shape index (κ2) is 7.80. The van der Waals surface area contributed by atoms with Gasteiger partial charge < -0.3 is 9.84 Å². The minimum Gasteiger partial charge on any atom is -0.504 e. The molecule has 0 bridgehead atoms. The Bertz CT molecular complexity index is 980. The van der Waals surface area contributed by atoms with Gasteiger partial charge in [0.2, 0.25) is 0 Å². The first-order chi connectivity index (χ1) is 12.8. The number of ether oxygens (including phenoxy) is 1. The summed E-state index contributed by atoms with van der Waals surface area (Å²) >= 11 is 12.7. The summed E-state index contributed by atoms with van der Waals surface area (Å²) < 4.78 is 18.2. The van der Waals surface area contributed by atoms with Crippen LogP contribution in [0.2, 0.25) is 10.0 Å². The summed E-state index contributed by atoms with van der Waals surface area (Å²) in [6.07, 6.45) is 1.36. The molecule has 0 aromatic heterocycles. The Morgan fingerprint density at radius 3 is 2.67 bits per heavy atom. The minimum absolute atomic E-state index is 0.0913. The number of nitrogens with zero attached hydrogens (tertiary/aromatic N) is 1. The molecule has 0 saturated carbocycles. The van der Waals surface area contributed by atoms with E-state index in [9.17, 15) is 19.1 Å². The molecule has 1 fully saturated rings. The van der Waals surface area contributed by atoms with Gasteiger partial charge in [0.05, 0.1) is 18.6 Å². The molecule has 0 aliphatic carbocycles. The van der Waals surface area contributed by atoms with Crippen molar-refractivity contribution in [2.24, 2.45) is 0 Å². The fourth-order valence-corrected chi connectivity index (χ4v) is 3.73. The zero-order valence-corrected chi connectivity index (χ0v) is 16.2. The van der Waals surface area contributed by atoms with Crippen LogP contribution in [0.15, 0.2) is 35.2 Å². The lowest BCUT2D eigenvalue weighted by Gasteiger charge is -2.13. The molecule has 1 N–H and O–H groups in total. The second-order valence-corrected chi connectivity index (χ2v) is 7.39. The SMILES string of the molecule is COc1cc(Cl)cc(/C=C2\SC(=O)N(Cc3ccc(F)cc3Cl)C2=O)c1O. The Labute approximate surface area is 168 Å². The molecule has 1 heterocycles. The number of amides is 2. The number of carbonyl (C=O) groups excluding carboxylic acids is 2. The standard InChI is InChI=1S/C18H12Cl2FNO4S/c1-26-14-6-11(19)4-10(16(14)23)5-15-17(24)22(18(25)27-15)8-9-2-3-12(21)7-13(9)20/h2-7,23H,8H2,1H3/b15-5-. The number of hydrogen-bond donors (Lipinski definition) is 1. The predicted octanol–water partition coefficient (Wildman–Crippen LogP) is 5.08. The predicted molar refractivity (Wildman–Crippen MR) is 103 cm³/mol. The van der Waals surface area contributed by atoms with Crippen molar-refractivity contribution in [3.05, 3.63) is 62.2 Å². The van der Waals surface area contributed by atoms with E-state index in [-0.39, 0.29) is 33.5 Å². The van der Waals surface area contributed by atoms with Crippen molar-refractivity contribution in [1.82, 2.24) is 4.90 Å². The Kier molecular flexibility index (Phi) is 5.64.